The molecule has 0 bridgehead atoms. The van der Waals surface area contributed by atoms with Crippen LogP contribution >= 0.6 is 0 Å². The Morgan fingerprint density at radius 1 is 1.16 bits per heavy atom. The molecule has 1 aromatic rings. The maximum absolute atomic E-state index is 5.95. The summed E-state index contributed by atoms with van der Waals surface area (Å²) < 4.78 is 11.8. The Morgan fingerprint density at radius 3 is 2.88 bits per heavy atom. The number of nitrogens with zero attached hydrogens (tertiary/aromatic N) is 2. The normalized spacial score (nSPS) is 26.8. The van der Waals surface area contributed by atoms with Crippen LogP contribution in [0.5, 0.6) is 0 Å². The summed E-state index contributed by atoms with van der Waals surface area (Å²) in [5, 5.41) is 3.54. The Labute approximate surface area is 150 Å². The number of hydrogen-bond acceptors (Lipinski definition) is 3. The Morgan fingerprint density at radius 2 is 2.04 bits per heavy atom. The number of hydrogen-bond donors (Lipinski definition) is 1. The van der Waals surface area contributed by atoms with Gasteiger partial charge in [-0.05, 0) is 48.8 Å². The predicted octanol–water partition coefficient (Wildman–Crippen LogP) is 2.13. The molecule has 2 atom stereocenters. The van der Waals surface area contributed by atoms with Gasteiger partial charge in [-0.1, -0.05) is 18.2 Å². The van der Waals surface area contributed by atoms with E-state index in [1.54, 1.807) is 0 Å². The van der Waals surface area contributed by atoms with Crippen molar-refractivity contribution < 1.29 is 9.47 Å². The molecule has 0 amide bonds. The first-order valence-electron chi connectivity index (χ1n) is 9.63. The Balaban J connectivity index is 1.35. The lowest BCUT2D eigenvalue weighted by Crippen LogP contribution is -2.53. The van der Waals surface area contributed by atoms with Gasteiger partial charge in [0.1, 0.15) is 6.10 Å². The zero-order valence-corrected chi connectivity index (χ0v) is 15.2. The van der Waals surface area contributed by atoms with E-state index in [9.17, 15) is 0 Å². The van der Waals surface area contributed by atoms with Gasteiger partial charge >= 0.3 is 0 Å². The van der Waals surface area contributed by atoms with E-state index in [4.69, 9.17) is 9.47 Å². The van der Waals surface area contributed by atoms with Crippen molar-refractivity contribution in [1.29, 1.82) is 0 Å². The van der Waals surface area contributed by atoms with E-state index < -0.39 is 0 Å². The first-order chi connectivity index (χ1) is 12.3. The summed E-state index contributed by atoms with van der Waals surface area (Å²) in [5.41, 5.74) is 4.39. The van der Waals surface area contributed by atoms with Crippen LogP contribution in [0.1, 0.15) is 36.0 Å². The maximum atomic E-state index is 5.95. The number of fused-ring (bicyclic) bond motifs is 1. The number of guanidine groups is 1. The van der Waals surface area contributed by atoms with Gasteiger partial charge in [-0.3, -0.25) is 4.99 Å². The second-order valence-electron chi connectivity index (χ2n) is 7.26. The van der Waals surface area contributed by atoms with E-state index in [0.717, 1.165) is 51.6 Å². The van der Waals surface area contributed by atoms with Gasteiger partial charge in [-0.25, -0.2) is 0 Å². The lowest BCUT2D eigenvalue weighted by Gasteiger charge is -2.37. The third kappa shape index (κ3) is 3.82. The molecule has 4 rings (SSSR count). The van der Waals surface area contributed by atoms with Gasteiger partial charge in [-0.2, -0.15) is 0 Å². The summed E-state index contributed by atoms with van der Waals surface area (Å²) >= 11 is 0. The molecule has 2 aliphatic heterocycles. The van der Waals surface area contributed by atoms with E-state index >= 15 is 0 Å². The first-order valence-corrected chi connectivity index (χ1v) is 9.63. The second kappa shape index (κ2) is 7.75. The minimum absolute atomic E-state index is 0.162. The van der Waals surface area contributed by atoms with Crippen molar-refractivity contribution >= 4 is 5.96 Å². The molecule has 0 saturated carbocycles. The summed E-state index contributed by atoms with van der Waals surface area (Å²) in [7, 11) is 1.86. The zero-order valence-electron chi connectivity index (χ0n) is 15.2. The fourth-order valence-electron chi connectivity index (χ4n) is 4.24. The number of aryl methyl sites for hydroxylation is 2. The largest absolute Gasteiger partial charge is 0.375 e. The standard InChI is InChI=1S/C20H29N3O2/c1-21-20(22-13-15-7-8-16-4-2-5-17(16)12-15)23-9-11-25-19(14-23)18-6-3-10-24-18/h7-8,12,18-19H,2-6,9-11,13-14H2,1H3,(H,21,22). The van der Waals surface area contributed by atoms with Gasteiger partial charge < -0.3 is 19.7 Å². The molecular weight excluding hydrogens is 314 g/mol. The number of ether oxygens (including phenoxy) is 2. The third-order valence-corrected chi connectivity index (χ3v) is 5.60. The number of morpholine rings is 1. The van der Waals surface area contributed by atoms with E-state index in [1.807, 2.05) is 7.05 Å². The van der Waals surface area contributed by atoms with Crippen LogP contribution in [-0.4, -0.2) is 56.4 Å². The SMILES string of the molecule is CN=C(NCc1ccc2c(c1)CCC2)N1CCOC(C2CCCO2)C1. The van der Waals surface area contributed by atoms with Crippen LogP contribution in [0.25, 0.3) is 0 Å². The lowest BCUT2D eigenvalue weighted by molar-refractivity contribution is -0.0817. The van der Waals surface area contributed by atoms with Gasteiger partial charge in [0, 0.05) is 33.3 Å². The molecule has 25 heavy (non-hydrogen) atoms. The van der Waals surface area contributed by atoms with Crippen LogP contribution < -0.4 is 5.32 Å². The van der Waals surface area contributed by atoms with E-state index in [1.165, 1.54) is 36.0 Å². The molecule has 0 aromatic heterocycles. The molecule has 2 heterocycles. The molecule has 1 aromatic carbocycles. The summed E-state index contributed by atoms with van der Waals surface area (Å²) in [5.74, 6) is 0.965. The quantitative estimate of drug-likeness (QED) is 0.675. The van der Waals surface area contributed by atoms with Crippen LogP contribution in [-0.2, 0) is 28.9 Å². The van der Waals surface area contributed by atoms with Crippen molar-refractivity contribution in [3.8, 4) is 0 Å². The summed E-state index contributed by atoms with van der Waals surface area (Å²) in [4.78, 5) is 6.80. The van der Waals surface area contributed by atoms with Gasteiger partial charge in [0.2, 0.25) is 0 Å². The van der Waals surface area contributed by atoms with Crippen molar-refractivity contribution in [3.63, 3.8) is 0 Å². The highest BCUT2D eigenvalue weighted by molar-refractivity contribution is 5.80. The Bertz CT molecular complexity index is 625. The van der Waals surface area contributed by atoms with Gasteiger partial charge in [0.25, 0.3) is 0 Å². The van der Waals surface area contributed by atoms with Crippen LogP contribution in [0.15, 0.2) is 23.2 Å². The molecule has 3 aliphatic rings. The van der Waals surface area contributed by atoms with E-state index in [-0.39, 0.29) is 12.2 Å². The zero-order chi connectivity index (χ0) is 17.1. The number of nitrogens with one attached hydrogen (secondary N) is 1. The van der Waals surface area contributed by atoms with Crippen LogP contribution in [0.3, 0.4) is 0 Å². The third-order valence-electron chi connectivity index (χ3n) is 5.60. The minimum Gasteiger partial charge on any atom is -0.375 e. The summed E-state index contributed by atoms with van der Waals surface area (Å²) in [6.07, 6.45) is 6.43. The average Bonchev–Trinajstić information content (AvgIpc) is 3.34. The summed E-state index contributed by atoms with van der Waals surface area (Å²) in [6.45, 7) is 4.17. The Kier molecular flexibility index (Phi) is 5.22. The van der Waals surface area contributed by atoms with E-state index in [2.05, 4.69) is 33.4 Å². The van der Waals surface area contributed by atoms with Crippen LogP contribution in [0, 0.1) is 0 Å². The van der Waals surface area contributed by atoms with Crippen LogP contribution in [0.2, 0.25) is 0 Å². The molecule has 0 spiro atoms. The molecule has 2 fully saturated rings. The van der Waals surface area contributed by atoms with Gasteiger partial charge in [0.15, 0.2) is 5.96 Å². The van der Waals surface area contributed by atoms with Crippen LogP contribution in [0.4, 0.5) is 0 Å². The summed E-state index contributed by atoms with van der Waals surface area (Å²) in [6, 6.07) is 6.90. The highest BCUT2D eigenvalue weighted by Gasteiger charge is 2.32. The molecule has 2 unspecified atom stereocenters. The van der Waals surface area contributed by atoms with Crippen molar-refractivity contribution in [2.45, 2.75) is 50.9 Å². The molecular formula is C20H29N3O2. The van der Waals surface area contributed by atoms with Crippen molar-refractivity contribution in [3.05, 3.63) is 34.9 Å². The van der Waals surface area contributed by atoms with Crippen molar-refractivity contribution in [2.24, 2.45) is 4.99 Å². The average molecular weight is 343 g/mol. The molecule has 136 valence electrons. The molecule has 5 nitrogen and oxygen atoms in total. The molecule has 0 radical (unpaired) electrons. The topological polar surface area (TPSA) is 46.1 Å². The molecule has 1 N–H and O–H groups in total. The fraction of sp³-hybridized carbons (Fsp3) is 0.650. The minimum atomic E-state index is 0.162. The maximum Gasteiger partial charge on any atom is 0.194 e. The smallest absolute Gasteiger partial charge is 0.194 e. The molecule has 1 aliphatic carbocycles. The van der Waals surface area contributed by atoms with Gasteiger partial charge in [-0.15, -0.1) is 0 Å². The van der Waals surface area contributed by atoms with E-state index in [0.29, 0.717) is 0 Å². The molecule has 5 heteroatoms. The highest BCUT2D eigenvalue weighted by atomic mass is 16.5. The Hall–Kier alpha value is -1.59. The predicted molar refractivity (Wildman–Crippen MR) is 99.0 cm³/mol. The monoisotopic (exact) mass is 343 g/mol. The molecule has 2 saturated heterocycles. The lowest BCUT2D eigenvalue weighted by atomic mass is 10.1. The van der Waals surface area contributed by atoms with Crippen molar-refractivity contribution in [1.82, 2.24) is 10.2 Å². The number of benzene rings is 1. The first kappa shape index (κ1) is 16.9. The van der Waals surface area contributed by atoms with Crippen molar-refractivity contribution in [2.75, 3.05) is 33.4 Å². The fourth-order valence-corrected chi connectivity index (χ4v) is 4.24. The highest BCUT2D eigenvalue weighted by Crippen LogP contribution is 2.23. The second-order valence-corrected chi connectivity index (χ2v) is 7.26. The number of aliphatic imine (C=N–C) groups is 1. The van der Waals surface area contributed by atoms with Gasteiger partial charge in [0.05, 0.1) is 12.7 Å². The number of rotatable bonds is 3.